The van der Waals surface area contributed by atoms with Crippen LogP contribution in [0.2, 0.25) is 0 Å². The Balaban J connectivity index is 1.79. The maximum atomic E-state index is 12.2. The molecule has 3 N–H and O–H groups in total. The number of rotatable bonds is 6. The van der Waals surface area contributed by atoms with Gasteiger partial charge in [-0.2, -0.15) is 0 Å². The molecular weight excluding hydrogens is 368 g/mol. The van der Waals surface area contributed by atoms with Gasteiger partial charge in [0.25, 0.3) is 5.91 Å². The Labute approximate surface area is 160 Å². The summed E-state index contributed by atoms with van der Waals surface area (Å²) in [4.78, 5) is 33.0. The molecule has 9 heteroatoms. The molecule has 0 fully saturated rings. The van der Waals surface area contributed by atoms with Crippen LogP contribution < -0.4 is 15.8 Å². The third-order valence-electron chi connectivity index (χ3n) is 4.08. The van der Waals surface area contributed by atoms with Gasteiger partial charge in [-0.1, -0.05) is 0 Å². The number of amidine groups is 1. The molecule has 142 valence electrons. The van der Waals surface area contributed by atoms with Gasteiger partial charge in [-0.3, -0.25) is 19.6 Å². The van der Waals surface area contributed by atoms with Crippen LogP contribution in [-0.2, 0) is 16.1 Å². The van der Waals surface area contributed by atoms with Crippen LogP contribution in [0.25, 0.3) is 0 Å². The maximum Gasteiger partial charge on any atom is 0.316 e. The van der Waals surface area contributed by atoms with E-state index in [9.17, 15) is 9.59 Å². The molecule has 1 atom stereocenters. The van der Waals surface area contributed by atoms with E-state index in [4.69, 9.17) is 15.2 Å². The van der Waals surface area contributed by atoms with E-state index in [1.54, 1.807) is 20.0 Å². The highest BCUT2D eigenvalue weighted by molar-refractivity contribution is 7.10. The summed E-state index contributed by atoms with van der Waals surface area (Å²) in [6, 6.07) is 1.61. The van der Waals surface area contributed by atoms with Crippen LogP contribution in [0.4, 0.5) is 0 Å². The van der Waals surface area contributed by atoms with Gasteiger partial charge in [0.05, 0.1) is 24.9 Å². The van der Waals surface area contributed by atoms with Crippen molar-refractivity contribution in [2.75, 3.05) is 20.2 Å². The first-order chi connectivity index (χ1) is 13.0. The summed E-state index contributed by atoms with van der Waals surface area (Å²) < 4.78 is 10.9. The van der Waals surface area contributed by atoms with E-state index in [2.05, 4.69) is 15.3 Å². The van der Waals surface area contributed by atoms with Crippen molar-refractivity contribution in [2.24, 2.45) is 10.7 Å². The number of esters is 1. The van der Waals surface area contributed by atoms with Crippen molar-refractivity contribution in [3.8, 4) is 5.75 Å². The first-order valence-electron chi connectivity index (χ1n) is 8.42. The average molecular weight is 388 g/mol. The van der Waals surface area contributed by atoms with Crippen molar-refractivity contribution in [3.05, 3.63) is 45.4 Å². The number of ether oxygens (including phenoxy) is 2. The molecule has 8 nitrogen and oxygen atoms in total. The van der Waals surface area contributed by atoms with Crippen molar-refractivity contribution in [3.63, 3.8) is 0 Å². The fourth-order valence-corrected chi connectivity index (χ4v) is 3.91. The summed E-state index contributed by atoms with van der Waals surface area (Å²) in [5.41, 5.74) is 8.04. The number of nitrogens with zero attached hydrogens (tertiary/aromatic N) is 2. The molecule has 0 saturated heterocycles. The van der Waals surface area contributed by atoms with Crippen molar-refractivity contribution in [1.82, 2.24) is 10.3 Å². The van der Waals surface area contributed by atoms with Crippen LogP contribution in [0.3, 0.4) is 0 Å². The van der Waals surface area contributed by atoms with Gasteiger partial charge >= 0.3 is 5.97 Å². The van der Waals surface area contributed by atoms with Crippen LogP contribution in [0.15, 0.2) is 28.8 Å². The molecule has 1 aliphatic heterocycles. The smallest absolute Gasteiger partial charge is 0.316 e. The first-order valence-corrected chi connectivity index (χ1v) is 9.30. The average Bonchev–Trinajstić information content (AvgIpc) is 3.11. The number of hydrogen-bond donors (Lipinski definition) is 2. The zero-order chi connectivity index (χ0) is 19.4. The zero-order valence-electron chi connectivity index (χ0n) is 15.0. The monoisotopic (exact) mass is 388 g/mol. The van der Waals surface area contributed by atoms with E-state index in [0.717, 1.165) is 16.0 Å². The Hall–Kier alpha value is -2.94. The number of hydrogen-bond acceptors (Lipinski definition) is 8. The number of aromatic nitrogens is 1. The number of carbonyl (C=O) groups is 2. The minimum absolute atomic E-state index is 0.219. The third kappa shape index (κ3) is 3.92. The number of pyridine rings is 1. The number of nitrogens with one attached hydrogen (secondary N) is 1. The second-order valence-electron chi connectivity index (χ2n) is 5.81. The predicted molar refractivity (Wildman–Crippen MR) is 101 cm³/mol. The number of aliphatic imine (C=N–C) groups is 1. The lowest BCUT2D eigenvalue weighted by molar-refractivity contribution is -0.144. The van der Waals surface area contributed by atoms with Crippen LogP contribution in [-0.4, -0.2) is 42.9 Å². The topological polar surface area (TPSA) is 116 Å². The van der Waals surface area contributed by atoms with Crippen LogP contribution in [0.5, 0.6) is 5.75 Å². The summed E-state index contributed by atoms with van der Waals surface area (Å²) in [5, 5.41) is 4.45. The lowest BCUT2D eigenvalue weighted by Crippen LogP contribution is -2.28. The summed E-state index contributed by atoms with van der Waals surface area (Å²) in [7, 11) is 1.55. The van der Waals surface area contributed by atoms with E-state index >= 15 is 0 Å². The fourth-order valence-electron chi connectivity index (χ4n) is 2.77. The lowest BCUT2D eigenvalue weighted by atomic mass is 9.98. The Kier molecular flexibility index (Phi) is 5.70. The van der Waals surface area contributed by atoms with Gasteiger partial charge in [0.2, 0.25) is 0 Å². The second kappa shape index (κ2) is 8.17. The second-order valence-corrected chi connectivity index (χ2v) is 6.72. The highest BCUT2D eigenvalue weighted by atomic mass is 32.1. The first kappa shape index (κ1) is 18.8. The molecule has 3 heterocycles. The van der Waals surface area contributed by atoms with Crippen LogP contribution >= 0.6 is 11.3 Å². The van der Waals surface area contributed by atoms with Gasteiger partial charge in [-0.25, -0.2) is 0 Å². The molecule has 27 heavy (non-hydrogen) atoms. The number of nitrogens with two attached hydrogens (primary N) is 1. The molecule has 0 radical (unpaired) electrons. The van der Waals surface area contributed by atoms with Gasteiger partial charge in [0, 0.05) is 29.2 Å². The normalized spacial score (nSPS) is 15.5. The maximum absolute atomic E-state index is 12.2. The highest BCUT2D eigenvalue weighted by Gasteiger charge is 2.32. The summed E-state index contributed by atoms with van der Waals surface area (Å²) >= 11 is 1.44. The quantitative estimate of drug-likeness (QED) is 0.724. The SMILES string of the molecule is CCOC(=O)C1CN=C(N)c2c(COc3cncc(C(=O)NC)c3)csc21. The molecule has 2 aromatic rings. The number of amides is 1. The molecule has 3 rings (SSSR count). The Morgan fingerprint density at radius 2 is 2.22 bits per heavy atom. The lowest BCUT2D eigenvalue weighted by Gasteiger charge is -2.19. The van der Waals surface area contributed by atoms with Gasteiger partial charge in [-0.05, 0) is 18.4 Å². The largest absolute Gasteiger partial charge is 0.487 e. The fraction of sp³-hybridized carbons (Fsp3) is 0.333. The predicted octanol–water partition coefficient (Wildman–Crippen LogP) is 1.45. The third-order valence-corrected chi connectivity index (χ3v) is 5.23. The summed E-state index contributed by atoms with van der Waals surface area (Å²) in [5.74, 6) is -0.127. The van der Waals surface area contributed by atoms with Crippen molar-refractivity contribution in [2.45, 2.75) is 19.4 Å². The Morgan fingerprint density at radius 1 is 1.41 bits per heavy atom. The molecule has 1 unspecified atom stereocenters. The van der Waals surface area contributed by atoms with E-state index in [0.29, 0.717) is 23.8 Å². The van der Waals surface area contributed by atoms with E-state index in [1.165, 1.54) is 23.7 Å². The molecule has 1 aliphatic rings. The number of thiophene rings is 1. The van der Waals surface area contributed by atoms with Gasteiger partial charge < -0.3 is 20.5 Å². The van der Waals surface area contributed by atoms with Gasteiger partial charge in [0.15, 0.2) is 0 Å². The minimum Gasteiger partial charge on any atom is -0.487 e. The van der Waals surface area contributed by atoms with E-state index < -0.39 is 5.92 Å². The van der Waals surface area contributed by atoms with Crippen molar-refractivity contribution < 1.29 is 19.1 Å². The van der Waals surface area contributed by atoms with Gasteiger partial charge in [0.1, 0.15) is 24.1 Å². The van der Waals surface area contributed by atoms with E-state index in [1.807, 2.05) is 5.38 Å². The molecule has 2 aromatic heterocycles. The van der Waals surface area contributed by atoms with Crippen LogP contribution in [0.1, 0.15) is 39.2 Å². The molecule has 0 spiro atoms. The molecule has 1 amide bonds. The minimum atomic E-state index is -0.441. The van der Waals surface area contributed by atoms with Gasteiger partial charge in [-0.15, -0.1) is 11.3 Å². The van der Waals surface area contributed by atoms with Crippen molar-refractivity contribution in [1.29, 1.82) is 0 Å². The molecule has 0 bridgehead atoms. The summed E-state index contributed by atoms with van der Waals surface area (Å²) in [6.07, 6.45) is 3.00. The zero-order valence-corrected chi connectivity index (χ0v) is 15.8. The standard InChI is InChI=1S/C18H20N4O4S/c1-3-25-18(24)13-7-22-16(19)14-11(9-27-15(13)14)8-26-12-4-10(5-21-6-12)17(23)20-2/h4-6,9,13H,3,7-8H2,1-2H3,(H2,19,22)(H,20,23). The molecule has 0 aliphatic carbocycles. The Morgan fingerprint density at radius 3 is 2.96 bits per heavy atom. The summed E-state index contributed by atoms with van der Waals surface area (Å²) in [6.45, 7) is 2.60. The molecular formula is C18H20N4O4S. The Bertz CT molecular complexity index is 893. The van der Waals surface area contributed by atoms with E-state index in [-0.39, 0.29) is 25.0 Å². The number of fused-ring (bicyclic) bond motifs is 1. The molecule has 0 saturated carbocycles. The molecule has 0 aromatic carbocycles. The van der Waals surface area contributed by atoms with Crippen molar-refractivity contribution >= 4 is 29.0 Å². The highest BCUT2D eigenvalue weighted by Crippen LogP contribution is 2.34. The number of carbonyl (C=O) groups excluding carboxylic acids is 2. The van der Waals surface area contributed by atoms with Crippen LogP contribution in [0, 0.1) is 0 Å².